The Hall–Kier alpha value is -3.35. The van der Waals surface area contributed by atoms with Gasteiger partial charge in [0.1, 0.15) is 11.9 Å². The quantitative estimate of drug-likeness (QED) is 0.698. The molecule has 0 spiro atoms. The Morgan fingerprint density at radius 3 is 2.67 bits per heavy atom. The van der Waals surface area contributed by atoms with Gasteiger partial charge in [-0.1, -0.05) is 12.1 Å². The van der Waals surface area contributed by atoms with E-state index in [1.54, 1.807) is 6.20 Å². The maximum atomic E-state index is 13.2. The van der Waals surface area contributed by atoms with Gasteiger partial charge in [0.25, 0.3) is 0 Å². The maximum Gasteiger partial charge on any atom is 0.247 e. The van der Waals surface area contributed by atoms with Gasteiger partial charge in [0.05, 0.1) is 12.4 Å². The van der Waals surface area contributed by atoms with Gasteiger partial charge in [0.2, 0.25) is 5.91 Å². The molecule has 2 aromatic heterocycles. The zero-order valence-electron chi connectivity index (χ0n) is 17.0. The van der Waals surface area contributed by atoms with Gasteiger partial charge >= 0.3 is 0 Å². The largest absolute Gasteiger partial charge is 0.342 e. The zero-order valence-corrected chi connectivity index (χ0v) is 17.0. The number of aromatic nitrogens is 3. The number of benzene rings is 1. The number of pyridine rings is 1. The number of hydrogen-bond acceptors (Lipinski definition) is 5. The van der Waals surface area contributed by atoms with E-state index in [0.717, 1.165) is 48.6 Å². The van der Waals surface area contributed by atoms with Crippen LogP contribution in [0.5, 0.6) is 0 Å². The average molecular weight is 405 g/mol. The minimum Gasteiger partial charge on any atom is -0.342 e. The highest BCUT2D eigenvalue weighted by Gasteiger charge is 2.33. The van der Waals surface area contributed by atoms with Crippen LogP contribution < -0.4 is 10.2 Å². The van der Waals surface area contributed by atoms with E-state index in [9.17, 15) is 9.18 Å². The standard InChI is InChI=1S/C23H24FN5O/c1-15-9-10-18(12-19(15)22-26-13-17(24)14-27-22)28-23(30)20-7-5-6-16(2)29(20)21-8-3-4-11-25-21/h3-4,8-14,16,20H,5-7H2,1-2H3,(H,28,30)/t16-,20-/m1/s1. The molecule has 6 nitrogen and oxygen atoms in total. The molecule has 0 aliphatic carbocycles. The Morgan fingerprint density at radius 2 is 1.93 bits per heavy atom. The van der Waals surface area contributed by atoms with Crippen LogP contribution in [-0.2, 0) is 4.79 Å². The second-order valence-electron chi connectivity index (χ2n) is 7.63. The number of hydrogen-bond donors (Lipinski definition) is 1. The molecule has 1 saturated heterocycles. The van der Waals surface area contributed by atoms with E-state index in [2.05, 4.69) is 32.1 Å². The van der Waals surface area contributed by atoms with Gasteiger partial charge < -0.3 is 10.2 Å². The van der Waals surface area contributed by atoms with Crippen molar-refractivity contribution in [3.63, 3.8) is 0 Å². The summed E-state index contributed by atoms with van der Waals surface area (Å²) in [7, 11) is 0. The molecule has 30 heavy (non-hydrogen) atoms. The van der Waals surface area contributed by atoms with Crippen LogP contribution in [0.2, 0.25) is 0 Å². The van der Waals surface area contributed by atoms with Crippen LogP contribution in [0.3, 0.4) is 0 Å². The van der Waals surface area contributed by atoms with Crippen molar-refractivity contribution >= 4 is 17.4 Å². The summed E-state index contributed by atoms with van der Waals surface area (Å²) in [5.74, 6) is 0.685. The van der Waals surface area contributed by atoms with Crippen molar-refractivity contribution in [3.05, 3.63) is 66.4 Å². The summed E-state index contributed by atoms with van der Waals surface area (Å²) in [6.07, 6.45) is 6.82. The van der Waals surface area contributed by atoms with Crippen LogP contribution in [0.1, 0.15) is 31.7 Å². The highest BCUT2D eigenvalue weighted by molar-refractivity contribution is 5.97. The molecule has 4 rings (SSSR count). The summed E-state index contributed by atoms with van der Waals surface area (Å²) in [5, 5.41) is 3.04. The summed E-state index contributed by atoms with van der Waals surface area (Å²) in [5.41, 5.74) is 2.36. The lowest BCUT2D eigenvalue weighted by molar-refractivity contribution is -0.118. The number of amides is 1. The highest BCUT2D eigenvalue weighted by Crippen LogP contribution is 2.29. The lowest BCUT2D eigenvalue weighted by Crippen LogP contribution is -2.51. The molecule has 1 aliphatic heterocycles. The first-order chi connectivity index (χ1) is 14.5. The smallest absolute Gasteiger partial charge is 0.247 e. The van der Waals surface area contributed by atoms with E-state index in [1.807, 2.05) is 43.3 Å². The first-order valence-corrected chi connectivity index (χ1v) is 10.1. The average Bonchev–Trinajstić information content (AvgIpc) is 2.76. The lowest BCUT2D eigenvalue weighted by atomic mass is 9.95. The van der Waals surface area contributed by atoms with Crippen LogP contribution in [-0.4, -0.2) is 32.9 Å². The van der Waals surface area contributed by atoms with Crippen molar-refractivity contribution in [1.29, 1.82) is 0 Å². The monoisotopic (exact) mass is 405 g/mol. The highest BCUT2D eigenvalue weighted by atomic mass is 19.1. The molecule has 154 valence electrons. The number of piperidine rings is 1. The van der Waals surface area contributed by atoms with Gasteiger partial charge in [-0.3, -0.25) is 4.79 Å². The number of rotatable bonds is 4. The van der Waals surface area contributed by atoms with Crippen LogP contribution in [0.4, 0.5) is 15.9 Å². The zero-order chi connectivity index (χ0) is 21.1. The molecule has 0 unspecified atom stereocenters. The maximum absolute atomic E-state index is 13.2. The fraction of sp³-hybridized carbons (Fsp3) is 0.304. The summed E-state index contributed by atoms with van der Waals surface area (Å²) < 4.78 is 13.2. The fourth-order valence-corrected chi connectivity index (χ4v) is 3.96. The Bertz CT molecular complexity index is 1030. The number of anilines is 2. The van der Waals surface area contributed by atoms with E-state index in [1.165, 1.54) is 0 Å². The van der Waals surface area contributed by atoms with Gasteiger partial charge in [-0.05, 0) is 62.9 Å². The van der Waals surface area contributed by atoms with Crippen molar-refractivity contribution < 1.29 is 9.18 Å². The van der Waals surface area contributed by atoms with Crippen molar-refractivity contribution in [1.82, 2.24) is 15.0 Å². The van der Waals surface area contributed by atoms with Crippen molar-refractivity contribution in [2.45, 2.75) is 45.2 Å². The molecule has 1 N–H and O–H groups in total. The molecular formula is C23H24FN5O. The van der Waals surface area contributed by atoms with Crippen molar-refractivity contribution in [3.8, 4) is 11.4 Å². The molecule has 3 heterocycles. The van der Waals surface area contributed by atoms with E-state index in [-0.39, 0.29) is 18.0 Å². The number of aryl methyl sites for hydroxylation is 1. The predicted octanol–water partition coefficient (Wildman–Crippen LogP) is 4.37. The minimum atomic E-state index is -0.484. The summed E-state index contributed by atoms with van der Waals surface area (Å²) in [6.45, 7) is 4.06. The molecule has 3 aromatic rings. The van der Waals surface area contributed by atoms with Crippen molar-refractivity contribution in [2.75, 3.05) is 10.2 Å². The Morgan fingerprint density at radius 1 is 1.13 bits per heavy atom. The molecule has 1 fully saturated rings. The van der Waals surface area contributed by atoms with Crippen LogP contribution in [0.25, 0.3) is 11.4 Å². The third-order valence-electron chi connectivity index (χ3n) is 5.49. The second-order valence-corrected chi connectivity index (χ2v) is 7.63. The fourth-order valence-electron chi connectivity index (χ4n) is 3.96. The summed E-state index contributed by atoms with van der Waals surface area (Å²) in [6, 6.07) is 11.3. The molecule has 2 atom stereocenters. The van der Waals surface area contributed by atoms with Gasteiger partial charge in [0, 0.05) is 23.5 Å². The molecule has 7 heteroatoms. The molecular weight excluding hydrogens is 381 g/mol. The van der Waals surface area contributed by atoms with Gasteiger partial charge in [0.15, 0.2) is 11.6 Å². The van der Waals surface area contributed by atoms with Crippen LogP contribution >= 0.6 is 0 Å². The number of carbonyl (C=O) groups excluding carboxylic acids is 1. The molecule has 1 aliphatic rings. The molecule has 0 bridgehead atoms. The van der Waals surface area contributed by atoms with Gasteiger partial charge in [-0.25, -0.2) is 19.3 Å². The Labute approximate surface area is 175 Å². The van der Waals surface area contributed by atoms with E-state index in [0.29, 0.717) is 11.5 Å². The van der Waals surface area contributed by atoms with E-state index >= 15 is 0 Å². The first-order valence-electron chi connectivity index (χ1n) is 10.1. The SMILES string of the molecule is Cc1ccc(NC(=O)[C@H]2CCC[C@@H](C)N2c2ccccn2)cc1-c1ncc(F)cn1. The number of carbonyl (C=O) groups is 1. The van der Waals surface area contributed by atoms with E-state index < -0.39 is 5.82 Å². The Balaban J connectivity index is 1.58. The van der Waals surface area contributed by atoms with Crippen LogP contribution in [0.15, 0.2) is 55.0 Å². The predicted molar refractivity (Wildman–Crippen MR) is 115 cm³/mol. The molecule has 0 saturated carbocycles. The lowest BCUT2D eigenvalue weighted by Gasteiger charge is -2.40. The third kappa shape index (κ3) is 4.15. The molecule has 0 radical (unpaired) electrons. The minimum absolute atomic E-state index is 0.0676. The normalized spacial score (nSPS) is 18.8. The van der Waals surface area contributed by atoms with Crippen LogP contribution in [0, 0.1) is 12.7 Å². The Kier molecular flexibility index (Phi) is 5.70. The van der Waals surface area contributed by atoms with E-state index in [4.69, 9.17) is 0 Å². The van der Waals surface area contributed by atoms with Crippen molar-refractivity contribution in [2.24, 2.45) is 0 Å². The third-order valence-corrected chi connectivity index (χ3v) is 5.49. The first kappa shape index (κ1) is 19.9. The number of nitrogens with zero attached hydrogens (tertiary/aromatic N) is 4. The second kappa shape index (κ2) is 8.57. The molecule has 1 amide bonds. The summed E-state index contributed by atoms with van der Waals surface area (Å²) >= 11 is 0. The molecule has 1 aromatic carbocycles. The topological polar surface area (TPSA) is 71.0 Å². The number of nitrogens with one attached hydrogen (secondary N) is 1. The number of halogens is 1. The van der Waals surface area contributed by atoms with Gasteiger partial charge in [-0.15, -0.1) is 0 Å². The summed E-state index contributed by atoms with van der Waals surface area (Å²) in [4.78, 5) is 27.9. The van der Waals surface area contributed by atoms with Gasteiger partial charge in [-0.2, -0.15) is 0 Å².